The zero-order valence-electron chi connectivity index (χ0n) is 10.9. The van der Waals surface area contributed by atoms with Crippen LogP contribution in [0.25, 0.3) is 0 Å². The van der Waals surface area contributed by atoms with E-state index in [1.807, 2.05) is 43.3 Å². The fourth-order valence-corrected chi connectivity index (χ4v) is 1.66. The number of rotatable bonds is 5. The predicted octanol–water partition coefficient (Wildman–Crippen LogP) is 3.56. The van der Waals surface area contributed by atoms with Crippen LogP contribution < -0.4 is 10.6 Å². The minimum absolute atomic E-state index is 0.00114. The lowest BCUT2D eigenvalue weighted by molar-refractivity contribution is -0.116. The molecule has 0 saturated heterocycles. The van der Waals surface area contributed by atoms with Gasteiger partial charge in [-0.3, -0.25) is 4.79 Å². The summed E-state index contributed by atoms with van der Waals surface area (Å²) in [6.07, 6.45) is 3.06. The van der Waals surface area contributed by atoms with Crippen molar-refractivity contribution in [2.24, 2.45) is 0 Å². The fourth-order valence-electron chi connectivity index (χ4n) is 1.66. The highest BCUT2D eigenvalue weighted by Gasteiger charge is 2.01. The Hall–Kier alpha value is -2.36. The summed E-state index contributed by atoms with van der Waals surface area (Å²) in [7, 11) is 0. The van der Waals surface area contributed by atoms with Crippen LogP contribution in [0.5, 0.6) is 0 Å². The maximum absolute atomic E-state index is 11.4. The van der Waals surface area contributed by atoms with E-state index in [4.69, 9.17) is 0 Å². The minimum Gasteiger partial charge on any atom is -0.354 e. The van der Waals surface area contributed by atoms with E-state index in [9.17, 15) is 4.79 Å². The highest BCUT2D eigenvalue weighted by Crippen LogP contribution is 2.16. The summed E-state index contributed by atoms with van der Waals surface area (Å²) in [5.74, 6) is 0.579. The Morgan fingerprint density at radius 1 is 1.11 bits per heavy atom. The summed E-state index contributed by atoms with van der Waals surface area (Å²) in [6.45, 7) is 1.97. The first-order valence-electron chi connectivity index (χ1n) is 6.36. The topological polar surface area (TPSA) is 54.0 Å². The van der Waals surface area contributed by atoms with Crippen LogP contribution in [0.2, 0.25) is 0 Å². The van der Waals surface area contributed by atoms with Gasteiger partial charge in [0.15, 0.2) is 0 Å². The highest BCUT2D eigenvalue weighted by molar-refractivity contribution is 5.89. The lowest BCUT2D eigenvalue weighted by Crippen LogP contribution is -2.11. The van der Waals surface area contributed by atoms with Crippen LogP contribution in [-0.4, -0.2) is 10.9 Å². The number of anilines is 3. The van der Waals surface area contributed by atoms with Crippen LogP contribution in [0.4, 0.5) is 17.2 Å². The molecule has 0 aliphatic rings. The van der Waals surface area contributed by atoms with Crippen molar-refractivity contribution in [2.75, 3.05) is 10.6 Å². The molecule has 4 heteroatoms. The van der Waals surface area contributed by atoms with Crippen molar-refractivity contribution in [3.05, 3.63) is 48.7 Å². The van der Waals surface area contributed by atoms with Gasteiger partial charge in [0.05, 0.1) is 11.9 Å². The monoisotopic (exact) mass is 255 g/mol. The molecule has 0 radical (unpaired) electrons. The third-order valence-corrected chi connectivity index (χ3v) is 2.57. The summed E-state index contributed by atoms with van der Waals surface area (Å²) in [5, 5.41) is 5.99. The number of amides is 1. The molecule has 98 valence electrons. The molecule has 1 aromatic carbocycles. The van der Waals surface area contributed by atoms with Crippen LogP contribution in [-0.2, 0) is 4.79 Å². The lowest BCUT2D eigenvalue weighted by Gasteiger charge is -2.07. The van der Waals surface area contributed by atoms with Gasteiger partial charge in [0.25, 0.3) is 0 Å². The SMILES string of the molecule is CCCC(=O)Nc1ccc(Nc2ccccc2)cn1. The number of nitrogens with one attached hydrogen (secondary N) is 2. The number of nitrogens with zero attached hydrogens (tertiary/aromatic N) is 1. The number of aromatic nitrogens is 1. The van der Waals surface area contributed by atoms with Crippen molar-refractivity contribution >= 4 is 23.1 Å². The first-order chi connectivity index (χ1) is 9.28. The van der Waals surface area contributed by atoms with Crippen molar-refractivity contribution < 1.29 is 4.79 Å². The molecule has 1 heterocycles. The molecule has 0 bridgehead atoms. The zero-order chi connectivity index (χ0) is 13.5. The van der Waals surface area contributed by atoms with Gasteiger partial charge in [0.1, 0.15) is 5.82 Å². The Kier molecular flexibility index (Phi) is 4.50. The van der Waals surface area contributed by atoms with Crippen LogP contribution >= 0.6 is 0 Å². The molecule has 1 amide bonds. The molecular formula is C15H17N3O. The van der Waals surface area contributed by atoms with E-state index in [-0.39, 0.29) is 5.91 Å². The number of pyridine rings is 1. The molecule has 1 aromatic heterocycles. The number of hydrogen-bond acceptors (Lipinski definition) is 3. The third-order valence-electron chi connectivity index (χ3n) is 2.57. The molecule has 0 atom stereocenters. The van der Waals surface area contributed by atoms with E-state index in [1.165, 1.54) is 0 Å². The number of carbonyl (C=O) groups excluding carboxylic acids is 1. The smallest absolute Gasteiger partial charge is 0.225 e. The maximum atomic E-state index is 11.4. The van der Waals surface area contributed by atoms with E-state index in [2.05, 4.69) is 15.6 Å². The largest absolute Gasteiger partial charge is 0.354 e. The van der Waals surface area contributed by atoms with Crippen molar-refractivity contribution in [3.8, 4) is 0 Å². The Labute approximate surface area is 112 Å². The molecule has 0 fully saturated rings. The molecule has 0 aliphatic carbocycles. The van der Waals surface area contributed by atoms with E-state index < -0.39 is 0 Å². The maximum Gasteiger partial charge on any atom is 0.225 e. The van der Waals surface area contributed by atoms with E-state index >= 15 is 0 Å². The van der Waals surface area contributed by atoms with Crippen molar-refractivity contribution in [2.45, 2.75) is 19.8 Å². The predicted molar refractivity (Wildman–Crippen MR) is 77.5 cm³/mol. The summed E-state index contributed by atoms with van der Waals surface area (Å²) in [5.41, 5.74) is 1.90. The van der Waals surface area contributed by atoms with Gasteiger partial charge in [0, 0.05) is 12.1 Å². The number of carbonyl (C=O) groups is 1. The molecule has 2 rings (SSSR count). The van der Waals surface area contributed by atoms with Gasteiger partial charge >= 0.3 is 0 Å². The van der Waals surface area contributed by atoms with E-state index in [0.717, 1.165) is 17.8 Å². The van der Waals surface area contributed by atoms with Gasteiger partial charge < -0.3 is 10.6 Å². The summed E-state index contributed by atoms with van der Waals surface area (Å²) < 4.78 is 0. The molecule has 2 N–H and O–H groups in total. The van der Waals surface area contributed by atoms with Crippen LogP contribution in [0.15, 0.2) is 48.7 Å². The van der Waals surface area contributed by atoms with Crippen molar-refractivity contribution in [1.82, 2.24) is 4.98 Å². The second-order valence-electron chi connectivity index (χ2n) is 4.22. The normalized spacial score (nSPS) is 9.95. The third kappa shape index (κ3) is 4.10. The van der Waals surface area contributed by atoms with Gasteiger partial charge in [-0.1, -0.05) is 25.1 Å². The summed E-state index contributed by atoms with van der Waals surface area (Å²) in [6, 6.07) is 13.5. The van der Waals surface area contributed by atoms with Gasteiger partial charge in [0.2, 0.25) is 5.91 Å². The first-order valence-corrected chi connectivity index (χ1v) is 6.36. The molecule has 19 heavy (non-hydrogen) atoms. The lowest BCUT2D eigenvalue weighted by atomic mass is 10.3. The summed E-state index contributed by atoms with van der Waals surface area (Å²) >= 11 is 0. The van der Waals surface area contributed by atoms with Gasteiger partial charge in [-0.25, -0.2) is 4.98 Å². The van der Waals surface area contributed by atoms with E-state index in [0.29, 0.717) is 12.2 Å². The number of benzene rings is 1. The Morgan fingerprint density at radius 3 is 2.53 bits per heavy atom. The van der Waals surface area contributed by atoms with Gasteiger partial charge in [-0.15, -0.1) is 0 Å². The number of hydrogen-bond donors (Lipinski definition) is 2. The van der Waals surface area contributed by atoms with Gasteiger partial charge in [-0.05, 0) is 30.7 Å². The second-order valence-corrected chi connectivity index (χ2v) is 4.22. The average molecular weight is 255 g/mol. The zero-order valence-corrected chi connectivity index (χ0v) is 10.9. The molecule has 4 nitrogen and oxygen atoms in total. The average Bonchev–Trinajstić information content (AvgIpc) is 2.42. The Bertz CT molecular complexity index is 523. The molecule has 2 aromatic rings. The van der Waals surface area contributed by atoms with Crippen molar-refractivity contribution in [1.29, 1.82) is 0 Å². The number of para-hydroxylation sites is 1. The minimum atomic E-state index is -0.00114. The molecule has 0 aliphatic heterocycles. The van der Waals surface area contributed by atoms with E-state index in [1.54, 1.807) is 12.3 Å². The quantitative estimate of drug-likeness (QED) is 0.858. The fraction of sp³-hybridized carbons (Fsp3) is 0.200. The molecule has 0 saturated carbocycles. The Morgan fingerprint density at radius 2 is 1.89 bits per heavy atom. The Balaban J connectivity index is 1.97. The second kappa shape index (κ2) is 6.54. The van der Waals surface area contributed by atoms with Crippen LogP contribution in [0.3, 0.4) is 0 Å². The highest BCUT2D eigenvalue weighted by atomic mass is 16.1. The first kappa shape index (κ1) is 13.1. The summed E-state index contributed by atoms with van der Waals surface area (Å²) in [4.78, 5) is 15.6. The van der Waals surface area contributed by atoms with Crippen molar-refractivity contribution in [3.63, 3.8) is 0 Å². The van der Waals surface area contributed by atoms with Crippen LogP contribution in [0.1, 0.15) is 19.8 Å². The van der Waals surface area contributed by atoms with Crippen LogP contribution in [0, 0.1) is 0 Å². The molecular weight excluding hydrogens is 238 g/mol. The molecule has 0 unspecified atom stereocenters. The molecule has 0 spiro atoms. The standard InChI is InChI=1S/C15H17N3O/c1-2-6-15(19)18-14-10-9-13(11-16-14)17-12-7-4-3-5-8-12/h3-5,7-11,17H,2,6H2,1H3,(H,16,18,19). The van der Waals surface area contributed by atoms with Gasteiger partial charge in [-0.2, -0.15) is 0 Å².